The van der Waals surface area contributed by atoms with Crippen molar-refractivity contribution in [3.63, 3.8) is 0 Å². The summed E-state index contributed by atoms with van der Waals surface area (Å²) in [5.74, 6) is -0.0587. The standard InChI is InChI=1S/C30H44O6/c1-21-8-5-4-6-11-29(28(32)13-12-25-17-22(2)14-15-34-25)36-30(33)20-24(31)19-27-10-7-9-26(35-27)18-23(3)16-21/h4,6-7,10,12-14,23-29,31-32H,1,5,8-9,11,15-20H2,2-3H3/t23-,24+,25+,26-,27-,28-,29-/m0/s1. The van der Waals surface area contributed by atoms with Crippen molar-refractivity contribution >= 4 is 5.97 Å². The third-order valence-electron chi connectivity index (χ3n) is 6.98. The molecule has 7 atom stereocenters. The first-order valence-electron chi connectivity index (χ1n) is 13.4. The lowest BCUT2D eigenvalue weighted by Crippen LogP contribution is -2.33. The van der Waals surface area contributed by atoms with Crippen LogP contribution in [0.5, 0.6) is 0 Å². The summed E-state index contributed by atoms with van der Waals surface area (Å²) >= 11 is 0. The van der Waals surface area contributed by atoms with E-state index < -0.39 is 24.3 Å². The molecule has 3 aliphatic rings. The monoisotopic (exact) mass is 500 g/mol. The van der Waals surface area contributed by atoms with Gasteiger partial charge in [0.2, 0.25) is 0 Å². The molecule has 2 bridgehead atoms. The van der Waals surface area contributed by atoms with Gasteiger partial charge >= 0.3 is 5.97 Å². The Morgan fingerprint density at radius 2 is 1.97 bits per heavy atom. The average Bonchev–Trinajstić information content (AvgIpc) is 2.81. The van der Waals surface area contributed by atoms with Crippen molar-refractivity contribution in [2.24, 2.45) is 5.92 Å². The Hall–Kier alpha value is -1.99. The molecule has 0 saturated heterocycles. The number of carbonyl (C=O) groups is 1. The predicted molar refractivity (Wildman–Crippen MR) is 141 cm³/mol. The Morgan fingerprint density at radius 3 is 2.78 bits per heavy atom. The molecule has 0 spiro atoms. The molecule has 36 heavy (non-hydrogen) atoms. The predicted octanol–water partition coefficient (Wildman–Crippen LogP) is 5.12. The summed E-state index contributed by atoms with van der Waals surface area (Å²) in [5, 5.41) is 21.4. The maximum atomic E-state index is 12.7. The third kappa shape index (κ3) is 10.2. The molecule has 2 N–H and O–H groups in total. The van der Waals surface area contributed by atoms with Gasteiger partial charge in [-0.3, -0.25) is 4.79 Å². The lowest BCUT2D eigenvalue weighted by molar-refractivity contribution is -0.155. The molecule has 0 aromatic rings. The van der Waals surface area contributed by atoms with Gasteiger partial charge < -0.3 is 24.4 Å². The number of aliphatic hydroxyl groups excluding tert-OH is 2. The topological polar surface area (TPSA) is 85.2 Å². The highest BCUT2D eigenvalue weighted by atomic mass is 16.6. The van der Waals surface area contributed by atoms with E-state index in [1.54, 1.807) is 6.08 Å². The molecule has 0 saturated carbocycles. The molecule has 6 heteroatoms. The first-order valence-corrected chi connectivity index (χ1v) is 13.4. The van der Waals surface area contributed by atoms with Gasteiger partial charge in [-0.1, -0.05) is 67.2 Å². The van der Waals surface area contributed by atoms with Gasteiger partial charge in [-0.05, 0) is 51.4 Å². The molecule has 0 aromatic heterocycles. The Labute approximate surface area is 216 Å². The van der Waals surface area contributed by atoms with E-state index >= 15 is 0 Å². The van der Waals surface area contributed by atoms with Crippen LogP contribution in [0.4, 0.5) is 0 Å². The first kappa shape index (κ1) is 28.6. The van der Waals surface area contributed by atoms with Crippen molar-refractivity contribution in [2.45, 2.75) is 108 Å². The number of ether oxygens (including phenoxy) is 3. The second-order valence-corrected chi connectivity index (χ2v) is 10.6. The van der Waals surface area contributed by atoms with Crippen LogP contribution < -0.4 is 0 Å². The molecule has 0 aliphatic carbocycles. The molecule has 3 rings (SSSR count). The Morgan fingerprint density at radius 1 is 1.14 bits per heavy atom. The van der Waals surface area contributed by atoms with Crippen molar-refractivity contribution < 1.29 is 29.2 Å². The number of aliphatic hydroxyl groups is 2. The SMILES string of the molecule is C=C1CCC=CC[C@@H]([C@@H](O)C=C[C@@H]2CC(C)=CCO2)OC(=O)C[C@H](O)C[C@@H]2C=CC[C@@H](C[C@@H](C)C1)O2. The van der Waals surface area contributed by atoms with Crippen LogP contribution in [0.25, 0.3) is 0 Å². The van der Waals surface area contributed by atoms with Crippen molar-refractivity contribution in [3.8, 4) is 0 Å². The second kappa shape index (κ2) is 14.7. The summed E-state index contributed by atoms with van der Waals surface area (Å²) in [7, 11) is 0. The lowest BCUT2D eigenvalue weighted by Gasteiger charge is -2.29. The molecule has 0 radical (unpaired) electrons. The van der Waals surface area contributed by atoms with Crippen LogP contribution in [0.2, 0.25) is 0 Å². The van der Waals surface area contributed by atoms with Crippen LogP contribution in [0.1, 0.15) is 71.6 Å². The van der Waals surface area contributed by atoms with E-state index in [4.69, 9.17) is 14.2 Å². The van der Waals surface area contributed by atoms with Gasteiger partial charge in [-0.25, -0.2) is 0 Å². The van der Waals surface area contributed by atoms with E-state index in [-0.39, 0.29) is 24.7 Å². The van der Waals surface area contributed by atoms with Crippen LogP contribution in [0, 0.1) is 5.92 Å². The van der Waals surface area contributed by atoms with Gasteiger partial charge in [0, 0.05) is 12.8 Å². The zero-order valence-electron chi connectivity index (χ0n) is 21.9. The molecule has 0 aromatic carbocycles. The summed E-state index contributed by atoms with van der Waals surface area (Å²) in [5.41, 5.74) is 2.47. The van der Waals surface area contributed by atoms with Crippen LogP contribution in [-0.2, 0) is 19.0 Å². The van der Waals surface area contributed by atoms with Gasteiger partial charge in [-0.2, -0.15) is 0 Å². The third-order valence-corrected chi connectivity index (χ3v) is 6.98. The van der Waals surface area contributed by atoms with Crippen molar-refractivity contribution in [1.29, 1.82) is 0 Å². The molecule has 6 nitrogen and oxygen atoms in total. The highest BCUT2D eigenvalue weighted by molar-refractivity contribution is 5.70. The number of carbonyl (C=O) groups excluding carboxylic acids is 1. The lowest BCUT2D eigenvalue weighted by atomic mass is 9.92. The maximum Gasteiger partial charge on any atom is 0.308 e. The molecule has 0 amide bonds. The number of rotatable bonds is 3. The van der Waals surface area contributed by atoms with E-state index in [9.17, 15) is 15.0 Å². The Kier molecular flexibility index (Phi) is 11.6. The largest absolute Gasteiger partial charge is 0.459 e. The maximum absolute atomic E-state index is 12.7. The highest BCUT2D eigenvalue weighted by Gasteiger charge is 2.26. The van der Waals surface area contributed by atoms with Crippen LogP contribution >= 0.6 is 0 Å². The van der Waals surface area contributed by atoms with Crippen LogP contribution in [0.15, 0.2) is 60.3 Å². The van der Waals surface area contributed by atoms with E-state index in [1.165, 1.54) is 11.1 Å². The van der Waals surface area contributed by atoms with Gasteiger partial charge in [0.15, 0.2) is 0 Å². The number of fused-ring (bicyclic) bond motifs is 2. The molecule has 200 valence electrons. The van der Waals surface area contributed by atoms with E-state index in [0.717, 1.165) is 38.5 Å². The quantitative estimate of drug-likeness (QED) is 0.413. The molecule has 3 aliphatic heterocycles. The fourth-order valence-electron chi connectivity index (χ4n) is 5.06. The fourth-order valence-corrected chi connectivity index (χ4v) is 5.06. The van der Waals surface area contributed by atoms with Gasteiger partial charge in [0.05, 0.1) is 37.4 Å². The van der Waals surface area contributed by atoms with Crippen LogP contribution in [-0.4, -0.2) is 59.4 Å². The summed E-state index contributed by atoms with van der Waals surface area (Å²) in [4.78, 5) is 12.7. The minimum absolute atomic E-state index is 0.0993. The molecular formula is C30H44O6. The normalized spacial score (nSPS) is 34.5. The summed E-state index contributed by atoms with van der Waals surface area (Å²) in [6.07, 6.45) is 16.7. The summed E-state index contributed by atoms with van der Waals surface area (Å²) in [6.45, 7) is 9.11. The van der Waals surface area contributed by atoms with Gasteiger partial charge in [-0.15, -0.1) is 0 Å². The Balaban J connectivity index is 1.66. The Bertz CT molecular complexity index is 840. The zero-order chi connectivity index (χ0) is 25.9. The van der Waals surface area contributed by atoms with Crippen molar-refractivity contribution in [2.75, 3.05) is 6.61 Å². The van der Waals surface area contributed by atoms with Gasteiger partial charge in [0.1, 0.15) is 12.2 Å². The molecular weight excluding hydrogens is 456 g/mol. The van der Waals surface area contributed by atoms with E-state index in [0.29, 0.717) is 25.4 Å². The average molecular weight is 501 g/mol. The number of allylic oxidation sites excluding steroid dienone is 2. The summed E-state index contributed by atoms with van der Waals surface area (Å²) in [6, 6.07) is 0. The molecule has 0 unspecified atom stereocenters. The number of cyclic esters (lactones) is 1. The summed E-state index contributed by atoms with van der Waals surface area (Å²) < 4.78 is 17.5. The fraction of sp³-hybridized carbons (Fsp3) is 0.633. The highest BCUT2D eigenvalue weighted by Crippen LogP contribution is 2.26. The minimum Gasteiger partial charge on any atom is -0.459 e. The minimum atomic E-state index is -0.975. The van der Waals surface area contributed by atoms with E-state index in [1.807, 2.05) is 24.3 Å². The molecule has 0 fully saturated rings. The second-order valence-electron chi connectivity index (χ2n) is 10.6. The van der Waals surface area contributed by atoms with E-state index in [2.05, 4.69) is 32.6 Å². The zero-order valence-corrected chi connectivity index (χ0v) is 21.9. The number of esters is 1. The smallest absolute Gasteiger partial charge is 0.308 e. The van der Waals surface area contributed by atoms with Gasteiger partial charge in [0.25, 0.3) is 0 Å². The molecule has 3 heterocycles. The first-order chi connectivity index (χ1) is 17.3. The van der Waals surface area contributed by atoms with Crippen LogP contribution in [0.3, 0.4) is 0 Å². The number of hydrogen-bond donors (Lipinski definition) is 2. The number of hydrogen-bond acceptors (Lipinski definition) is 6. The van der Waals surface area contributed by atoms with Crippen molar-refractivity contribution in [3.05, 3.63) is 60.3 Å². The van der Waals surface area contributed by atoms with Crippen molar-refractivity contribution in [1.82, 2.24) is 0 Å².